The highest BCUT2D eigenvalue weighted by molar-refractivity contribution is 7.89. The van der Waals surface area contributed by atoms with E-state index in [2.05, 4.69) is 4.98 Å². The average Bonchev–Trinajstić information content (AvgIpc) is 3.34. The van der Waals surface area contributed by atoms with Crippen molar-refractivity contribution in [3.05, 3.63) is 58.1 Å². The Morgan fingerprint density at radius 1 is 1.20 bits per heavy atom. The van der Waals surface area contributed by atoms with Crippen molar-refractivity contribution in [2.24, 2.45) is 0 Å². The van der Waals surface area contributed by atoms with Gasteiger partial charge in [-0.2, -0.15) is 4.31 Å². The van der Waals surface area contributed by atoms with Crippen molar-refractivity contribution in [3.8, 4) is 0 Å². The standard InChI is InChI=1S/C22H25N3O3S2/c1-14-7-8-17(12-15(14)2)30(27,28)25-11-9-16(13-25)19-18-6-5-10-23-21(18)29-20(19)22(26)24(3)4/h5-8,10,12,16H,9,11,13H2,1-4H3/t16-/m1/s1. The van der Waals surface area contributed by atoms with Gasteiger partial charge < -0.3 is 4.90 Å². The summed E-state index contributed by atoms with van der Waals surface area (Å²) in [5.74, 6) is -0.105. The monoisotopic (exact) mass is 443 g/mol. The van der Waals surface area contributed by atoms with Crippen molar-refractivity contribution < 1.29 is 13.2 Å². The second kappa shape index (κ2) is 7.76. The number of benzene rings is 1. The number of carbonyl (C=O) groups is 1. The minimum atomic E-state index is -3.58. The zero-order valence-corrected chi connectivity index (χ0v) is 19.2. The predicted molar refractivity (Wildman–Crippen MR) is 120 cm³/mol. The summed E-state index contributed by atoms with van der Waals surface area (Å²) in [6.45, 7) is 4.69. The number of amides is 1. The number of rotatable bonds is 4. The van der Waals surface area contributed by atoms with Gasteiger partial charge >= 0.3 is 0 Å². The van der Waals surface area contributed by atoms with E-state index < -0.39 is 10.0 Å². The minimum absolute atomic E-state index is 0.0387. The van der Waals surface area contributed by atoms with Crippen molar-refractivity contribution in [1.82, 2.24) is 14.2 Å². The molecule has 1 aliphatic rings. The molecule has 0 bridgehead atoms. The maximum absolute atomic E-state index is 13.2. The molecule has 0 unspecified atom stereocenters. The van der Waals surface area contributed by atoms with Crippen LogP contribution in [0.2, 0.25) is 0 Å². The van der Waals surface area contributed by atoms with E-state index in [0.717, 1.165) is 26.9 Å². The van der Waals surface area contributed by atoms with Crippen LogP contribution in [0.3, 0.4) is 0 Å². The third-order valence-electron chi connectivity index (χ3n) is 5.78. The van der Waals surface area contributed by atoms with Crippen LogP contribution in [0.25, 0.3) is 10.2 Å². The molecule has 0 saturated carbocycles. The van der Waals surface area contributed by atoms with Crippen LogP contribution in [-0.4, -0.2) is 55.7 Å². The number of sulfonamides is 1. The Morgan fingerprint density at radius 2 is 1.97 bits per heavy atom. The third-order valence-corrected chi connectivity index (χ3v) is 8.76. The highest BCUT2D eigenvalue weighted by atomic mass is 32.2. The molecule has 1 amide bonds. The fourth-order valence-corrected chi connectivity index (χ4v) is 6.76. The first-order chi connectivity index (χ1) is 14.2. The first kappa shape index (κ1) is 21.0. The molecule has 1 saturated heterocycles. The second-order valence-corrected chi connectivity index (χ2v) is 10.9. The van der Waals surface area contributed by atoms with Crippen LogP contribution in [0.5, 0.6) is 0 Å². The molecule has 8 heteroatoms. The molecule has 4 rings (SSSR count). The van der Waals surface area contributed by atoms with Crippen LogP contribution in [0.4, 0.5) is 0 Å². The first-order valence-corrected chi connectivity index (χ1v) is 12.1. The number of fused-ring (bicyclic) bond motifs is 1. The van der Waals surface area contributed by atoms with Crippen molar-refractivity contribution in [1.29, 1.82) is 0 Å². The fourth-order valence-electron chi connectivity index (χ4n) is 3.92. The van der Waals surface area contributed by atoms with Gasteiger partial charge in [0.15, 0.2) is 0 Å². The van der Waals surface area contributed by atoms with Crippen LogP contribution in [0.15, 0.2) is 41.4 Å². The zero-order valence-electron chi connectivity index (χ0n) is 17.5. The van der Waals surface area contributed by atoms with Crippen molar-refractivity contribution in [2.75, 3.05) is 27.2 Å². The van der Waals surface area contributed by atoms with Crippen LogP contribution in [-0.2, 0) is 10.0 Å². The summed E-state index contributed by atoms with van der Waals surface area (Å²) in [6, 6.07) is 9.10. The summed E-state index contributed by atoms with van der Waals surface area (Å²) < 4.78 is 28.0. The largest absolute Gasteiger partial charge is 0.344 e. The number of nitrogens with zero attached hydrogens (tertiary/aromatic N) is 3. The molecular weight excluding hydrogens is 418 g/mol. The molecule has 0 spiro atoms. The van der Waals surface area contributed by atoms with Gasteiger partial charge in [0.1, 0.15) is 4.83 Å². The van der Waals surface area contributed by atoms with Gasteiger partial charge in [-0.15, -0.1) is 11.3 Å². The fraction of sp³-hybridized carbons (Fsp3) is 0.364. The highest BCUT2D eigenvalue weighted by Gasteiger charge is 2.36. The number of aromatic nitrogens is 1. The van der Waals surface area contributed by atoms with Gasteiger partial charge in [-0.1, -0.05) is 12.1 Å². The van der Waals surface area contributed by atoms with E-state index >= 15 is 0 Å². The van der Waals surface area contributed by atoms with Gasteiger partial charge in [-0.05, 0) is 55.2 Å². The molecular formula is C22H25N3O3S2. The Morgan fingerprint density at radius 3 is 2.67 bits per heavy atom. The van der Waals surface area contributed by atoms with Crippen molar-refractivity contribution >= 4 is 37.5 Å². The number of aryl methyl sites for hydroxylation is 2. The summed E-state index contributed by atoms with van der Waals surface area (Å²) in [5.41, 5.74) is 2.96. The number of hydrogen-bond donors (Lipinski definition) is 0. The Balaban J connectivity index is 1.71. The third kappa shape index (κ3) is 3.53. The van der Waals surface area contributed by atoms with E-state index in [1.54, 1.807) is 41.6 Å². The molecule has 2 aromatic heterocycles. The quantitative estimate of drug-likeness (QED) is 0.615. The summed E-state index contributed by atoms with van der Waals surface area (Å²) in [5, 5.41) is 0.947. The van der Waals surface area contributed by atoms with Crippen molar-refractivity contribution in [2.45, 2.75) is 31.1 Å². The lowest BCUT2D eigenvalue weighted by molar-refractivity contribution is 0.0831. The smallest absolute Gasteiger partial charge is 0.263 e. The van der Waals surface area contributed by atoms with E-state index in [9.17, 15) is 13.2 Å². The topological polar surface area (TPSA) is 70.6 Å². The van der Waals surface area contributed by atoms with Gasteiger partial charge in [0.2, 0.25) is 10.0 Å². The summed E-state index contributed by atoms with van der Waals surface area (Å²) >= 11 is 1.39. The van der Waals surface area contributed by atoms with Crippen LogP contribution >= 0.6 is 11.3 Å². The maximum atomic E-state index is 13.2. The number of pyridine rings is 1. The lowest BCUT2D eigenvalue weighted by atomic mass is 9.95. The van der Waals surface area contributed by atoms with Gasteiger partial charge in [-0.25, -0.2) is 13.4 Å². The second-order valence-electron chi connectivity index (χ2n) is 8.00. The molecule has 0 radical (unpaired) electrons. The SMILES string of the molecule is Cc1ccc(S(=O)(=O)N2CC[C@@H](c3c(C(=O)N(C)C)sc4ncccc34)C2)cc1C. The summed E-state index contributed by atoms with van der Waals surface area (Å²) in [6.07, 6.45) is 2.40. The van der Waals surface area contributed by atoms with Crippen LogP contribution in [0, 0.1) is 13.8 Å². The zero-order chi connectivity index (χ0) is 21.6. The lowest BCUT2D eigenvalue weighted by Crippen LogP contribution is -2.29. The molecule has 1 aliphatic heterocycles. The maximum Gasteiger partial charge on any atom is 0.263 e. The Labute approximate surface area is 181 Å². The Hall–Kier alpha value is -2.29. The molecule has 0 N–H and O–H groups in total. The van der Waals surface area contributed by atoms with Crippen molar-refractivity contribution in [3.63, 3.8) is 0 Å². The number of hydrogen-bond acceptors (Lipinski definition) is 5. The summed E-state index contributed by atoms with van der Waals surface area (Å²) in [4.78, 5) is 20.6. The summed E-state index contributed by atoms with van der Waals surface area (Å²) in [7, 11) is -0.116. The average molecular weight is 444 g/mol. The number of thiophene rings is 1. The Kier molecular flexibility index (Phi) is 5.42. The molecule has 3 heterocycles. The molecule has 30 heavy (non-hydrogen) atoms. The molecule has 158 valence electrons. The molecule has 1 atom stereocenters. The van der Waals surface area contributed by atoms with E-state index in [4.69, 9.17) is 0 Å². The van der Waals surface area contributed by atoms with Gasteiger partial charge in [-0.3, -0.25) is 4.79 Å². The van der Waals surface area contributed by atoms with Crippen LogP contribution < -0.4 is 0 Å². The minimum Gasteiger partial charge on any atom is -0.344 e. The molecule has 6 nitrogen and oxygen atoms in total. The predicted octanol–water partition coefficient (Wildman–Crippen LogP) is 3.79. The van der Waals surface area contributed by atoms with E-state index in [1.165, 1.54) is 11.3 Å². The van der Waals surface area contributed by atoms with Crippen LogP contribution in [0.1, 0.15) is 38.7 Å². The first-order valence-electron chi connectivity index (χ1n) is 9.86. The molecule has 0 aliphatic carbocycles. The van der Waals surface area contributed by atoms with Gasteiger partial charge in [0.05, 0.1) is 9.77 Å². The lowest BCUT2D eigenvalue weighted by Gasteiger charge is -2.18. The van der Waals surface area contributed by atoms with E-state index in [-0.39, 0.29) is 11.8 Å². The highest BCUT2D eigenvalue weighted by Crippen LogP contribution is 2.41. The van der Waals surface area contributed by atoms with E-state index in [1.807, 2.05) is 32.0 Å². The van der Waals surface area contributed by atoms with Gasteiger partial charge in [0.25, 0.3) is 5.91 Å². The molecule has 1 fully saturated rings. The van der Waals surface area contributed by atoms with Gasteiger partial charge in [0, 0.05) is 44.7 Å². The van der Waals surface area contributed by atoms with E-state index in [0.29, 0.717) is 29.3 Å². The number of carbonyl (C=O) groups excluding carboxylic acids is 1. The normalized spacial score (nSPS) is 17.5. The Bertz CT molecular complexity index is 1230. The molecule has 3 aromatic rings. The molecule has 1 aromatic carbocycles.